The molecule has 1 aromatic carbocycles. The topological polar surface area (TPSA) is 21.5 Å². The van der Waals surface area contributed by atoms with Crippen LogP contribution in [0.15, 0.2) is 35.4 Å². The molecule has 4 rings (SSSR count). The van der Waals surface area contributed by atoms with Crippen LogP contribution in [0.1, 0.15) is 24.8 Å². The van der Waals surface area contributed by atoms with E-state index in [0.717, 1.165) is 18.3 Å². The van der Waals surface area contributed by atoms with Crippen molar-refractivity contribution in [1.82, 2.24) is 0 Å². The normalized spacial score (nSPS) is 26.5. The molecular formula is C19H24NO2+. The molecular weight excluding hydrogens is 274 g/mol. The molecule has 0 unspecified atom stereocenters. The molecule has 2 fully saturated rings. The highest BCUT2D eigenvalue weighted by Gasteiger charge is 2.52. The first-order valence-electron chi connectivity index (χ1n) is 8.25. The maximum atomic E-state index is 6.04. The van der Waals surface area contributed by atoms with Crippen LogP contribution < -0.4 is 4.74 Å². The Morgan fingerprint density at radius 2 is 1.86 bits per heavy atom. The predicted molar refractivity (Wildman–Crippen MR) is 86.8 cm³/mol. The van der Waals surface area contributed by atoms with Crippen molar-refractivity contribution in [2.24, 2.45) is 11.8 Å². The van der Waals surface area contributed by atoms with E-state index in [1.54, 1.807) is 12.7 Å². The van der Waals surface area contributed by atoms with Crippen LogP contribution >= 0.6 is 0 Å². The van der Waals surface area contributed by atoms with Gasteiger partial charge in [-0.2, -0.15) is 0 Å². The van der Waals surface area contributed by atoms with Gasteiger partial charge in [0, 0.05) is 18.1 Å². The van der Waals surface area contributed by atoms with E-state index in [-0.39, 0.29) is 0 Å². The minimum atomic E-state index is 0.329. The van der Waals surface area contributed by atoms with Gasteiger partial charge in [0.2, 0.25) is 5.71 Å². The van der Waals surface area contributed by atoms with E-state index < -0.39 is 0 Å². The maximum absolute atomic E-state index is 6.04. The van der Waals surface area contributed by atoms with E-state index in [1.165, 1.54) is 36.1 Å². The Hall–Kier alpha value is -1.61. The smallest absolute Gasteiger partial charge is 0.212 e. The van der Waals surface area contributed by atoms with E-state index in [0.29, 0.717) is 12.0 Å². The molecule has 1 aliphatic heterocycles. The molecule has 3 aliphatic rings. The van der Waals surface area contributed by atoms with E-state index in [4.69, 9.17) is 9.47 Å². The minimum absolute atomic E-state index is 0.329. The van der Waals surface area contributed by atoms with Crippen molar-refractivity contribution in [2.75, 3.05) is 27.8 Å². The van der Waals surface area contributed by atoms with Gasteiger partial charge in [0.05, 0.1) is 18.8 Å². The average Bonchev–Trinajstić information content (AvgIpc) is 3.24. The summed E-state index contributed by atoms with van der Waals surface area (Å²) in [4.78, 5) is 0. The fourth-order valence-electron chi connectivity index (χ4n) is 4.05. The summed E-state index contributed by atoms with van der Waals surface area (Å²) in [6, 6.07) is 8.41. The van der Waals surface area contributed by atoms with Crippen LogP contribution in [0.4, 0.5) is 0 Å². The molecule has 0 bridgehead atoms. The first-order valence-corrected chi connectivity index (χ1v) is 8.25. The summed E-state index contributed by atoms with van der Waals surface area (Å²) in [5, 5.41) is 0. The quantitative estimate of drug-likeness (QED) is 0.630. The molecule has 0 spiro atoms. The summed E-state index contributed by atoms with van der Waals surface area (Å²) in [5.74, 6) is 2.42. The predicted octanol–water partition coefficient (Wildman–Crippen LogP) is 2.88. The van der Waals surface area contributed by atoms with E-state index >= 15 is 0 Å². The van der Waals surface area contributed by atoms with E-state index in [1.807, 2.05) is 12.1 Å². The number of nitrogens with zero attached hydrogens (tertiary/aromatic N) is 1. The number of rotatable bonds is 4. The average molecular weight is 298 g/mol. The maximum Gasteiger partial charge on any atom is 0.212 e. The fourth-order valence-corrected chi connectivity index (χ4v) is 4.05. The standard InChI is InChI=1S/C19H24NO2/c1-20(2)18(13-6-8-14(21-3)9-7-13)17-16(12-4-5-12)15-10-11-22-19(15)17/h6-9,12,15,19H,4-5,10-11H2,1-3H3/q+1/t15-,19-/m1/s1. The summed E-state index contributed by atoms with van der Waals surface area (Å²) in [7, 11) is 5.99. The number of ether oxygens (including phenoxy) is 2. The Kier molecular flexibility index (Phi) is 3.33. The first kappa shape index (κ1) is 14.0. The summed E-state index contributed by atoms with van der Waals surface area (Å²) in [5.41, 5.74) is 5.75. The molecule has 1 heterocycles. The van der Waals surface area contributed by atoms with Gasteiger partial charge in [-0.1, -0.05) is 0 Å². The van der Waals surface area contributed by atoms with Crippen molar-refractivity contribution in [3.8, 4) is 5.75 Å². The van der Waals surface area contributed by atoms with Gasteiger partial charge in [0.1, 0.15) is 19.8 Å². The first-order chi connectivity index (χ1) is 10.7. The largest absolute Gasteiger partial charge is 0.497 e. The second-order valence-corrected chi connectivity index (χ2v) is 6.80. The third-order valence-electron chi connectivity index (χ3n) is 5.17. The van der Waals surface area contributed by atoms with Crippen molar-refractivity contribution in [3.63, 3.8) is 0 Å². The van der Waals surface area contributed by atoms with Crippen molar-refractivity contribution in [2.45, 2.75) is 25.4 Å². The number of hydrogen-bond donors (Lipinski definition) is 0. The zero-order valence-electron chi connectivity index (χ0n) is 13.6. The highest BCUT2D eigenvalue weighted by atomic mass is 16.5. The molecule has 2 aliphatic carbocycles. The van der Waals surface area contributed by atoms with Gasteiger partial charge >= 0.3 is 0 Å². The Morgan fingerprint density at radius 3 is 2.45 bits per heavy atom. The Balaban J connectivity index is 1.77. The fraction of sp³-hybridized carbons (Fsp3) is 0.526. The Bertz CT molecular complexity index is 649. The van der Waals surface area contributed by atoms with Gasteiger partial charge in [0.15, 0.2) is 0 Å². The number of fused-ring (bicyclic) bond motifs is 1. The molecule has 2 atom stereocenters. The van der Waals surface area contributed by atoms with Crippen molar-refractivity contribution < 1.29 is 14.0 Å². The molecule has 1 aromatic rings. The Morgan fingerprint density at radius 1 is 1.14 bits per heavy atom. The molecule has 116 valence electrons. The summed E-state index contributed by atoms with van der Waals surface area (Å²) in [6.07, 6.45) is 4.27. The van der Waals surface area contributed by atoms with E-state index in [2.05, 4.69) is 30.8 Å². The van der Waals surface area contributed by atoms with Crippen LogP contribution in [0.2, 0.25) is 0 Å². The summed E-state index contributed by atoms with van der Waals surface area (Å²) >= 11 is 0. The SMILES string of the molecule is COc1ccc(C(C2=C(C3CC3)[C@H]3CCO[C@@H]23)=[N+](C)C)cc1. The third-order valence-corrected chi connectivity index (χ3v) is 5.17. The van der Waals surface area contributed by atoms with Gasteiger partial charge < -0.3 is 9.47 Å². The van der Waals surface area contributed by atoms with Crippen LogP contribution in [0.5, 0.6) is 5.75 Å². The number of methoxy groups -OCH3 is 1. The monoisotopic (exact) mass is 298 g/mol. The summed E-state index contributed by atoms with van der Waals surface area (Å²) in [6.45, 7) is 0.915. The molecule has 0 radical (unpaired) electrons. The highest BCUT2D eigenvalue weighted by Crippen LogP contribution is 2.54. The number of hydrogen-bond acceptors (Lipinski definition) is 2. The Labute approximate surface area is 132 Å². The zero-order valence-corrected chi connectivity index (χ0v) is 13.6. The number of benzene rings is 1. The lowest BCUT2D eigenvalue weighted by Gasteiger charge is -2.36. The van der Waals surface area contributed by atoms with Crippen molar-refractivity contribution in [1.29, 1.82) is 0 Å². The van der Waals surface area contributed by atoms with Gasteiger partial charge in [0.25, 0.3) is 0 Å². The van der Waals surface area contributed by atoms with Crippen LogP contribution in [-0.4, -0.2) is 44.2 Å². The second-order valence-electron chi connectivity index (χ2n) is 6.80. The molecule has 22 heavy (non-hydrogen) atoms. The van der Waals surface area contributed by atoms with Gasteiger partial charge in [-0.15, -0.1) is 0 Å². The molecule has 0 amide bonds. The lowest BCUT2D eigenvalue weighted by atomic mass is 9.69. The third kappa shape index (κ3) is 2.11. The molecule has 0 aromatic heterocycles. The lowest BCUT2D eigenvalue weighted by Crippen LogP contribution is -2.40. The van der Waals surface area contributed by atoms with Crippen molar-refractivity contribution in [3.05, 3.63) is 41.0 Å². The lowest BCUT2D eigenvalue weighted by molar-refractivity contribution is -0.463. The molecule has 1 saturated carbocycles. The zero-order chi connectivity index (χ0) is 15.3. The minimum Gasteiger partial charge on any atom is -0.497 e. The second kappa shape index (κ2) is 5.24. The van der Waals surface area contributed by atoms with E-state index in [9.17, 15) is 0 Å². The van der Waals surface area contributed by atoms with Crippen LogP contribution in [-0.2, 0) is 4.74 Å². The molecule has 3 heteroatoms. The van der Waals surface area contributed by atoms with Gasteiger partial charge in [-0.3, -0.25) is 0 Å². The van der Waals surface area contributed by atoms with Gasteiger partial charge in [-0.05, 0) is 55.0 Å². The molecule has 0 N–H and O–H groups in total. The summed E-state index contributed by atoms with van der Waals surface area (Å²) < 4.78 is 13.6. The highest BCUT2D eigenvalue weighted by molar-refractivity contribution is 6.12. The van der Waals surface area contributed by atoms with Crippen molar-refractivity contribution >= 4 is 5.71 Å². The van der Waals surface area contributed by atoms with Gasteiger partial charge in [-0.25, -0.2) is 4.58 Å². The molecule has 1 saturated heterocycles. The van der Waals surface area contributed by atoms with Crippen LogP contribution in [0, 0.1) is 11.8 Å². The van der Waals surface area contributed by atoms with Crippen LogP contribution in [0.25, 0.3) is 0 Å². The van der Waals surface area contributed by atoms with Crippen LogP contribution in [0.3, 0.4) is 0 Å². The molecule has 3 nitrogen and oxygen atoms in total.